The molecule has 82 valence electrons. The van der Waals surface area contributed by atoms with Crippen LogP contribution in [-0.2, 0) is 5.54 Å². The predicted molar refractivity (Wildman–Crippen MR) is 58.4 cm³/mol. The van der Waals surface area contributed by atoms with E-state index in [0.717, 1.165) is 11.3 Å². The summed E-state index contributed by atoms with van der Waals surface area (Å²) in [6.45, 7) is 0.521. The van der Waals surface area contributed by atoms with E-state index in [1.54, 1.807) is 0 Å². The van der Waals surface area contributed by atoms with Crippen LogP contribution >= 0.6 is 0 Å². The molecule has 2 heterocycles. The average molecular weight is 217 g/mol. The number of hydrogen-bond donors (Lipinski definition) is 2. The van der Waals surface area contributed by atoms with Gasteiger partial charge in [-0.05, 0) is 6.07 Å². The number of para-hydroxylation sites is 1. The zero-order chi connectivity index (χ0) is 11.2. The molecule has 1 aromatic carbocycles. The minimum Gasteiger partial charge on any atom is -0.493 e. The van der Waals surface area contributed by atoms with E-state index in [9.17, 15) is 4.79 Å². The minimum atomic E-state index is -0.661. The SMILES string of the molecule is NC1=NC(=O)NC12CCOc1ccccc12. The standard InChI is InChI=1S/C11H11N3O2/c12-9-11(14-10(15)13-9)5-6-16-8-4-2-1-3-7(8)11/h1-4H,5-6H2,(H3,12,13,14,15). The Kier molecular flexibility index (Phi) is 1.71. The molecule has 0 aromatic heterocycles. The van der Waals surface area contributed by atoms with E-state index >= 15 is 0 Å². The van der Waals surface area contributed by atoms with Gasteiger partial charge in [0.25, 0.3) is 0 Å². The molecule has 0 saturated heterocycles. The molecule has 5 heteroatoms. The number of hydrogen-bond acceptors (Lipinski definition) is 3. The number of benzene rings is 1. The van der Waals surface area contributed by atoms with Crippen molar-refractivity contribution in [1.82, 2.24) is 5.32 Å². The molecule has 1 aromatic rings. The maximum Gasteiger partial charge on any atom is 0.343 e. The second-order valence-corrected chi connectivity index (χ2v) is 3.93. The average Bonchev–Trinajstić information content (AvgIpc) is 2.55. The number of aliphatic imine (C=N–C) groups is 1. The largest absolute Gasteiger partial charge is 0.493 e. The third-order valence-corrected chi connectivity index (χ3v) is 3.06. The number of rotatable bonds is 0. The number of amides is 2. The number of urea groups is 1. The maximum absolute atomic E-state index is 11.3. The third-order valence-electron chi connectivity index (χ3n) is 3.06. The molecule has 5 nitrogen and oxygen atoms in total. The van der Waals surface area contributed by atoms with Crippen molar-refractivity contribution in [2.45, 2.75) is 12.0 Å². The van der Waals surface area contributed by atoms with Crippen LogP contribution in [0.1, 0.15) is 12.0 Å². The molecule has 0 saturated carbocycles. The van der Waals surface area contributed by atoms with Gasteiger partial charge in [-0.3, -0.25) is 0 Å². The summed E-state index contributed by atoms with van der Waals surface area (Å²) in [6.07, 6.45) is 0.616. The van der Waals surface area contributed by atoms with Crippen LogP contribution in [0.15, 0.2) is 29.3 Å². The lowest BCUT2D eigenvalue weighted by Gasteiger charge is -2.34. The molecule has 2 aliphatic heterocycles. The summed E-state index contributed by atoms with van der Waals surface area (Å²) in [5.74, 6) is 1.09. The summed E-state index contributed by atoms with van der Waals surface area (Å²) in [5.41, 5.74) is 6.08. The molecule has 0 fully saturated rings. The summed E-state index contributed by atoms with van der Waals surface area (Å²) in [6, 6.07) is 7.18. The molecule has 1 atom stereocenters. The number of nitrogens with one attached hydrogen (secondary N) is 1. The van der Waals surface area contributed by atoms with Crippen LogP contribution in [0.4, 0.5) is 4.79 Å². The molecule has 2 amide bonds. The molecular weight excluding hydrogens is 206 g/mol. The summed E-state index contributed by atoms with van der Waals surface area (Å²) < 4.78 is 5.53. The van der Waals surface area contributed by atoms with Crippen molar-refractivity contribution in [2.24, 2.45) is 10.7 Å². The fourth-order valence-electron chi connectivity index (χ4n) is 2.27. The zero-order valence-corrected chi connectivity index (χ0v) is 8.56. The van der Waals surface area contributed by atoms with E-state index in [1.807, 2.05) is 24.3 Å². The van der Waals surface area contributed by atoms with E-state index in [1.165, 1.54) is 0 Å². The van der Waals surface area contributed by atoms with Gasteiger partial charge < -0.3 is 15.8 Å². The van der Waals surface area contributed by atoms with Crippen molar-refractivity contribution in [1.29, 1.82) is 0 Å². The lowest BCUT2D eigenvalue weighted by molar-refractivity contribution is 0.220. The topological polar surface area (TPSA) is 76.7 Å². The monoisotopic (exact) mass is 217 g/mol. The Morgan fingerprint density at radius 1 is 1.44 bits per heavy atom. The van der Waals surface area contributed by atoms with Gasteiger partial charge in [-0.15, -0.1) is 0 Å². The molecule has 3 N–H and O–H groups in total. The Morgan fingerprint density at radius 2 is 2.25 bits per heavy atom. The Bertz CT molecular complexity index is 498. The van der Waals surface area contributed by atoms with Gasteiger partial charge in [0.05, 0.1) is 6.61 Å². The smallest absolute Gasteiger partial charge is 0.343 e. The van der Waals surface area contributed by atoms with Crippen molar-refractivity contribution in [3.05, 3.63) is 29.8 Å². The first-order valence-corrected chi connectivity index (χ1v) is 5.11. The van der Waals surface area contributed by atoms with Gasteiger partial charge in [0.1, 0.15) is 17.1 Å². The molecule has 2 aliphatic rings. The van der Waals surface area contributed by atoms with Crippen LogP contribution in [0.3, 0.4) is 0 Å². The summed E-state index contributed by atoms with van der Waals surface area (Å²) in [5, 5.41) is 2.83. The molecule has 0 bridgehead atoms. The van der Waals surface area contributed by atoms with Gasteiger partial charge in [0.15, 0.2) is 0 Å². The Hall–Kier alpha value is -2.04. The molecular formula is C11H11N3O2. The summed E-state index contributed by atoms with van der Waals surface area (Å²) in [4.78, 5) is 15.1. The second-order valence-electron chi connectivity index (χ2n) is 3.93. The van der Waals surface area contributed by atoms with Crippen LogP contribution in [0.5, 0.6) is 5.75 Å². The normalized spacial score (nSPS) is 27.0. The van der Waals surface area contributed by atoms with E-state index in [4.69, 9.17) is 10.5 Å². The van der Waals surface area contributed by atoms with Gasteiger partial charge in [-0.25, -0.2) is 4.79 Å². The van der Waals surface area contributed by atoms with Crippen molar-refractivity contribution in [3.8, 4) is 5.75 Å². The first-order valence-electron chi connectivity index (χ1n) is 5.11. The highest BCUT2D eigenvalue weighted by Crippen LogP contribution is 2.38. The van der Waals surface area contributed by atoms with Crippen LogP contribution in [0.25, 0.3) is 0 Å². The third kappa shape index (κ3) is 1.05. The van der Waals surface area contributed by atoms with Crippen molar-refractivity contribution < 1.29 is 9.53 Å². The van der Waals surface area contributed by atoms with Gasteiger partial charge >= 0.3 is 6.03 Å². The molecule has 1 unspecified atom stereocenters. The lowest BCUT2D eigenvalue weighted by Crippen LogP contribution is -2.51. The molecule has 3 rings (SSSR count). The zero-order valence-electron chi connectivity index (χ0n) is 8.56. The van der Waals surface area contributed by atoms with Crippen molar-refractivity contribution >= 4 is 11.9 Å². The Balaban J connectivity index is 2.18. The predicted octanol–water partition coefficient (Wildman–Crippen LogP) is 0.745. The van der Waals surface area contributed by atoms with E-state index < -0.39 is 5.54 Å². The lowest BCUT2D eigenvalue weighted by atomic mass is 9.84. The van der Waals surface area contributed by atoms with Gasteiger partial charge in [-0.1, -0.05) is 18.2 Å². The highest BCUT2D eigenvalue weighted by atomic mass is 16.5. The van der Waals surface area contributed by atoms with E-state index in [2.05, 4.69) is 10.3 Å². The van der Waals surface area contributed by atoms with E-state index in [-0.39, 0.29) is 6.03 Å². The molecule has 16 heavy (non-hydrogen) atoms. The fourth-order valence-corrected chi connectivity index (χ4v) is 2.27. The van der Waals surface area contributed by atoms with Crippen molar-refractivity contribution in [3.63, 3.8) is 0 Å². The maximum atomic E-state index is 11.3. The molecule has 0 radical (unpaired) electrons. The number of carbonyl (C=O) groups excluding carboxylic acids is 1. The molecule has 0 aliphatic carbocycles. The number of ether oxygens (including phenoxy) is 1. The number of nitrogens with zero attached hydrogens (tertiary/aromatic N) is 1. The fraction of sp³-hybridized carbons (Fsp3) is 0.273. The quantitative estimate of drug-likeness (QED) is 0.673. The van der Waals surface area contributed by atoms with Crippen LogP contribution in [0, 0.1) is 0 Å². The highest BCUT2D eigenvalue weighted by Gasteiger charge is 2.46. The van der Waals surface area contributed by atoms with E-state index in [0.29, 0.717) is 18.9 Å². The van der Waals surface area contributed by atoms with Crippen LogP contribution < -0.4 is 15.8 Å². The number of nitrogens with two attached hydrogens (primary N) is 1. The number of fused-ring (bicyclic) bond motifs is 2. The molecule has 1 spiro atoms. The van der Waals surface area contributed by atoms with Gasteiger partial charge in [0.2, 0.25) is 0 Å². The van der Waals surface area contributed by atoms with Crippen LogP contribution in [-0.4, -0.2) is 18.5 Å². The van der Waals surface area contributed by atoms with Crippen molar-refractivity contribution in [2.75, 3.05) is 6.61 Å². The Labute approximate surface area is 92.3 Å². The Morgan fingerprint density at radius 3 is 3.00 bits per heavy atom. The first kappa shape index (κ1) is 9.21. The number of amidine groups is 1. The first-order chi connectivity index (χ1) is 7.72. The summed E-state index contributed by atoms with van der Waals surface area (Å²) >= 11 is 0. The minimum absolute atomic E-state index is 0.327. The highest BCUT2D eigenvalue weighted by molar-refractivity contribution is 6.06. The number of carbonyl (C=O) groups is 1. The van der Waals surface area contributed by atoms with Crippen LogP contribution in [0.2, 0.25) is 0 Å². The van der Waals surface area contributed by atoms with Gasteiger partial charge in [0, 0.05) is 12.0 Å². The second kappa shape index (κ2) is 2.98. The summed E-state index contributed by atoms with van der Waals surface area (Å²) in [7, 11) is 0. The van der Waals surface area contributed by atoms with Gasteiger partial charge in [-0.2, -0.15) is 4.99 Å².